The fraction of sp³-hybridized carbons (Fsp3) is 0.462. The van der Waals surface area contributed by atoms with Gasteiger partial charge in [0.2, 0.25) is 0 Å². The summed E-state index contributed by atoms with van der Waals surface area (Å²) in [5.74, 6) is 1.72. The molecule has 1 fully saturated rings. The molecule has 0 N–H and O–H groups in total. The maximum absolute atomic E-state index is 11.7. The first-order valence-electron chi connectivity index (χ1n) is 6.35. The van der Waals surface area contributed by atoms with Crippen LogP contribution in [0, 0.1) is 0 Å². The van der Waals surface area contributed by atoms with Crippen LogP contribution in [-0.2, 0) is 4.74 Å². The minimum atomic E-state index is -0.374. The summed E-state index contributed by atoms with van der Waals surface area (Å²) in [7, 11) is 1.38. The van der Waals surface area contributed by atoms with Crippen molar-refractivity contribution in [1.29, 1.82) is 0 Å². The van der Waals surface area contributed by atoms with Crippen molar-refractivity contribution < 1.29 is 9.53 Å². The number of esters is 1. The van der Waals surface area contributed by atoms with Gasteiger partial charge in [-0.25, -0.2) is 4.79 Å². The summed E-state index contributed by atoms with van der Waals surface area (Å²) in [4.78, 5) is 11.7. The smallest absolute Gasteiger partial charge is 0.341 e. The molecule has 100 valence electrons. The van der Waals surface area contributed by atoms with E-state index in [2.05, 4.69) is 10.2 Å². The van der Waals surface area contributed by atoms with Gasteiger partial charge in [0.1, 0.15) is 5.56 Å². The Morgan fingerprint density at radius 3 is 3.11 bits per heavy atom. The Labute approximate surface area is 115 Å². The molecular formula is C13H15N3O2S. The van der Waals surface area contributed by atoms with Gasteiger partial charge >= 0.3 is 5.97 Å². The lowest BCUT2D eigenvalue weighted by molar-refractivity contribution is 0.0602. The Morgan fingerprint density at radius 1 is 1.47 bits per heavy atom. The maximum Gasteiger partial charge on any atom is 0.341 e. The molecule has 3 heterocycles. The molecule has 1 aliphatic heterocycles. The fourth-order valence-electron chi connectivity index (χ4n) is 2.37. The first-order chi connectivity index (χ1) is 9.31. The van der Waals surface area contributed by atoms with Crippen molar-refractivity contribution in [2.75, 3.05) is 12.9 Å². The van der Waals surface area contributed by atoms with Crippen LogP contribution in [0.5, 0.6) is 0 Å². The molecule has 2 aromatic heterocycles. The van der Waals surface area contributed by atoms with Crippen LogP contribution in [0.4, 0.5) is 0 Å². The average Bonchev–Trinajstić information content (AvgIpc) is 2.91. The highest BCUT2D eigenvalue weighted by molar-refractivity contribution is 7.99. The van der Waals surface area contributed by atoms with Crippen LogP contribution in [0.25, 0.3) is 5.65 Å². The van der Waals surface area contributed by atoms with Crippen molar-refractivity contribution in [3.63, 3.8) is 0 Å². The van der Waals surface area contributed by atoms with Crippen LogP contribution in [0.1, 0.15) is 40.7 Å². The molecule has 0 radical (unpaired) electrons. The summed E-state index contributed by atoms with van der Waals surface area (Å²) in [5, 5.41) is 8.81. The predicted octanol–water partition coefficient (Wildman–Crippen LogP) is 2.47. The van der Waals surface area contributed by atoms with Crippen LogP contribution in [0.2, 0.25) is 0 Å². The molecule has 19 heavy (non-hydrogen) atoms. The van der Waals surface area contributed by atoms with E-state index in [0.717, 1.165) is 18.0 Å². The van der Waals surface area contributed by atoms with E-state index in [9.17, 15) is 4.79 Å². The third-order valence-electron chi connectivity index (χ3n) is 3.33. The number of rotatable bonds is 2. The van der Waals surface area contributed by atoms with E-state index in [1.165, 1.54) is 20.0 Å². The number of fused-ring (bicyclic) bond motifs is 1. The van der Waals surface area contributed by atoms with Gasteiger partial charge in [0.05, 0.1) is 12.4 Å². The van der Waals surface area contributed by atoms with E-state index in [4.69, 9.17) is 4.74 Å². The first-order valence-corrected chi connectivity index (χ1v) is 7.39. The van der Waals surface area contributed by atoms with Gasteiger partial charge in [-0.2, -0.15) is 11.8 Å². The lowest BCUT2D eigenvalue weighted by atomic mass is 10.2. The van der Waals surface area contributed by atoms with E-state index in [1.807, 2.05) is 28.4 Å². The minimum absolute atomic E-state index is 0.372. The molecule has 3 rings (SSSR count). The number of methoxy groups -OCH3 is 1. The Morgan fingerprint density at radius 2 is 2.37 bits per heavy atom. The van der Waals surface area contributed by atoms with Crippen molar-refractivity contribution in [1.82, 2.24) is 14.6 Å². The number of carbonyl (C=O) groups excluding carboxylic acids is 1. The van der Waals surface area contributed by atoms with Crippen LogP contribution in [-0.4, -0.2) is 33.4 Å². The summed E-state index contributed by atoms with van der Waals surface area (Å²) in [6, 6.07) is 3.55. The van der Waals surface area contributed by atoms with Gasteiger partial charge in [0, 0.05) is 6.20 Å². The normalized spacial score (nSPS) is 19.5. The summed E-state index contributed by atoms with van der Waals surface area (Å²) < 4.78 is 6.69. The maximum atomic E-state index is 11.7. The van der Waals surface area contributed by atoms with Gasteiger partial charge in [0.25, 0.3) is 0 Å². The summed E-state index contributed by atoms with van der Waals surface area (Å²) in [6.07, 6.45) is 5.52. The quantitative estimate of drug-likeness (QED) is 0.789. The number of thioether (sulfide) groups is 1. The second kappa shape index (κ2) is 5.21. The van der Waals surface area contributed by atoms with Crippen LogP contribution < -0.4 is 0 Å². The lowest BCUT2D eigenvalue weighted by Crippen LogP contribution is -2.08. The fourth-order valence-corrected chi connectivity index (χ4v) is 3.67. The van der Waals surface area contributed by atoms with E-state index in [-0.39, 0.29) is 5.97 Å². The summed E-state index contributed by atoms with van der Waals surface area (Å²) in [6.45, 7) is 0. The third kappa shape index (κ3) is 2.20. The number of aromatic nitrogens is 3. The van der Waals surface area contributed by atoms with Gasteiger partial charge in [-0.3, -0.25) is 4.40 Å². The van der Waals surface area contributed by atoms with E-state index in [0.29, 0.717) is 16.5 Å². The van der Waals surface area contributed by atoms with E-state index < -0.39 is 0 Å². The highest BCUT2D eigenvalue weighted by Crippen LogP contribution is 2.37. The van der Waals surface area contributed by atoms with Gasteiger partial charge in [0.15, 0.2) is 11.5 Å². The number of pyridine rings is 1. The zero-order valence-electron chi connectivity index (χ0n) is 10.7. The standard InChI is InChI=1S/C13H15N3O2S/c1-18-13(17)9-5-4-7-16-11(9)14-15-12(16)10-6-2-3-8-19-10/h4-5,7,10H,2-3,6,8H2,1H3. The second-order valence-electron chi connectivity index (χ2n) is 4.52. The largest absolute Gasteiger partial charge is 0.465 e. The monoisotopic (exact) mass is 277 g/mol. The molecule has 1 saturated heterocycles. The molecule has 0 bridgehead atoms. The topological polar surface area (TPSA) is 56.5 Å². The first kappa shape index (κ1) is 12.5. The van der Waals surface area contributed by atoms with Gasteiger partial charge < -0.3 is 4.74 Å². The SMILES string of the molecule is COC(=O)c1cccn2c(C3CCCCS3)nnc12. The highest BCUT2D eigenvalue weighted by Gasteiger charge is 2.23. The Hall–Kier alpha value is -1.56. The van der Waals surface area contributed by atoms with E-state index in [1.54, 1.807) is 6.07 Å². The van der Waals surface area contributed by atoms with Crippen molar-refractivity contribution in [3.05, 3.63) is 29.7 Å². The molecule has 0 saturated carbocycles. The molecule has 0 spiro atoms. The Bertz CT molecular complexity index is 605. The molecule has 0 aliphatic carbocycles. The van der Waals surface area contributed by atoms with Gasteiger partial charge in [-0.05, 0) is 30.7 Å². The number of ether oxygens (including phenoxy) is 1. The molecule has 1 aliphatic rings. The zero-order valence-corrected chi connectivity index (χ0v) is 11.5. The predicted molar refractivity (Wildman–Crippen MR) is 73.4 cm³/mol. The second-order valence-corrected chi connectivity index (χ2v) is 5.83. The highest BCUT2D eigenvalue weighted by atomic mass is 32.2. The van der Waals surface area contributed by atoms with Crippen molar-refractivity contribution in [2.24, 2.45) is 0 Å². The molecule has 5 nitrogen and oxygen atoms in total. The summed E-state index contributed by atoms with van der Waals surface area (Å²) >= 11 is 1.92. The molecule has 0 aromatic carbocycles. The Kier molecular flexibility index (Phi) is 3.42. The molecular weight excluding hydrogens is 262 g/mol. The van der Waals surface area contributed by atoms with Gasteiger partial charge in [-0.15, -0.1) is 10.2 Å². The number of hydrogen-bond acceptors (Lipinski definition) is 5. The minimum Gasteiger partial charge on any atom is -0.465 e. The number of carbonyl (C=O) groups is 1. The van der Waals surface area contributed by atoms with E-state index >= 15 is 0 Å². The Balaban J connectivity index is 2.05. The summed E-state index contributed by atoms with van der Waals surface area (Å²) in [5.41, 5.74) is 1.04. The number of hydrogen-bond donors (Lipinski definition) is 0. The lowest BCUT2D eigenvalue weighted by Gasteiger charge is -2.19. The zero-order chi connectivity index (χ0) is 13.2. The molecule has 1 unspecified atom stereocenters. The number of nitrogens with zero attached hydrogens (tertiary/aromatic N) is 3. The van der Waals surface area contributed by atoms with Crippen molar-refractivity contribution in [2.45, 2.75) is 24.5 Å². The van der Waals surface area contributed by atoms with Crippen LogP contribution in [0.3, 0.4) is 0 Å². The van der Waals surface area contributed by atoms with Crippen LogP contribution in [0.15, 0.2) is 18.3 Å². The van der Waals surface area contributed by atoms with Crippen molar-refractivity contribution in [3.8, 4) is 0 Å². The van der Waals surface area contributed by atoms with Crippen LogP contribution >= 0.6 is 11.8 Å². The molecule has 2 aromatic rings. The molecule has 0 amide bonds. The van der Waals surface area contributed by atoms with Crippen molar-refractivity contribution >= 4 is 23.4 Å². The molecule has 1 atom stereocenters. The van der Waals surface area contributed by atoms with Gasteiger partial charge in [-0.1, -0.05) is 6.42 Å². The third-order valence-corrected chi connectivity index (χ3v) is 4.71. The molecule has 6 heteroatoms. The average molecular weight is 277 g/mol.